The van der Waals surface area contributed by atoms with E-state index in [9.17, 15) is 14.4 Å². The van der Waals surface area contributed by atoms with E-state index in [1.54, 1.807) is 42.2 Å². The second kappa shape index (κ2) is 12.5. The number of benzene rings is 1. The van der Waals surface area contributed by atoms with Crippen LogP contribution >= 0.6 is 0 Å². The number of methoxy groups -OCH3 is 3. The molecule has 1 heterocycles. The molecule has 10 nitrogen and oxygen atoms in total. The van der Waals surface area contributed by atoms with Gasteiger partial charge in [0.1, 0.15) is 25.6 Å². The molecule has 0 aliphatic carbocycles. The van der Waals surface area contributed by atoms with E-state index < -0.39 is 0 Å². The first-order valence-corrected chi connectivity index (χ1v) is 10.8. The van der Waals surface area contributed by atoms with Crippen molar-refractivity contribution in [3.05, 3.63) is 23.8 Å². The van der Waals surface area contributed by atoms with Gasteiger partial charge in [-0.15, -0.1) is 0 Å². The van der Waals surface area contributed by atoms with Crippen LogP contribution in [0.1, 0.15) is 24.2 Å². The van der Waals surface area contributed by atoms with Gasteiger partial charge in [0.05, 0.1) is 17.7 Å². The quantitative estimate of drug-likeness (QED) is 0.674. The zero-order chi connectivity index (χ0) is 24.5. The largest absolute Gasteiger partial charge is 0.491 e. The Morgan fingerprint density at radius 1 is 1.12 bits per heavy atom. The van der Waals surface area contributed by atoms with Crippen molar-refractivity contribution in [1.29, 1.82) is 0 Å². The van der Waals surface area contributed by atoms with Crippen molar-refractivity contribution in [2.24, 2.45) is 5.92 Å². The Morgan fingerprint density at radius 2 is 1.82 bits per heavy atom. The van der Waals surface area contributed by atoms with E-state index in [-0.39, 0.29) is 55.6 Å². The van der Waals surface area contributed by atoms with Crippen LogP contribution in [0, 0.1) is 5.92 Å². The highest BCUT2D eigenvalue weighted by Gasteiger charge is 2.30. The first-order valence-electron chi connectivity index (χ1n) is 10.8. The molecule has 0 bridgehead atoms. The van der Waals surface area contributed by atoms with Crippen LogP contribution in [0.2, 0.25) is 0 Å². The number of anilines is 1. The number of ether oxygens (including phenoxy) is 4. The van der Waals surface area contributed by atoms with Gasteiger partial charge in [-0.3, -0.25) is 14.4 Å². The molecule has 1 aliphatic rings. The number of likely N-dealkylation sites (N-methyl/N-ethyl adjacent to an activating group) is 1. The predicted octanol–water partition coefficient (Wildman–Crippen LogP) is 1.25. The van der Waals surface area contributed by atoms with Gasteiger partial charge in [-0.25, -0.2) is 0 Å². The van der Waals surface area contributed by atoms with E-state index >= 15 is 0 Å². The third-order valence-electron chi connectivity index (χ3n) is 5.59. The number of hydrogen-bond donors (Lipinski definition) is 1. The summed E-state index contributed by atoms with van der Waals surface area (Å²) in [5.74, 6) is -0.427. The smallest absolute Gasteiger partial charge is 0.257 e. The van der Waals surface area contributed by atoms with Crippen LogP contribution in [0.3, 0.4) is 0 Å². The van der Waals surface area contributed by atoms with Gasteiger partial charge in [0.15, 0.2) is 0 Å². The summed E-state index contributed by atoms with van der Waals surface area (Å²) >= 11 is 0. The lowest BCUT2D eigenvalue weighted by Gasteiger charge is -2.36. The lowest BCUT2D eigenvalue weighted by Crippen LogP contribution is -2.49. The van der Waals surface area contributed by atoms with Crippen molar-refractivity contribution in [3.8, 4) is 5.75 Å². The zero-order valence-electron chi connectivity index (χ0n) is 20.3. The van der Waals surface area contributed by atoms with Crippen molar-refractivity contribution >= 4 is 23.4 Å². The molecule has 10 heteroatoms. The summed E-state index contributed by atoms with van der Waals surface area (Å²) in [4.78, 5) is 41.1. The summed E-state index contributed by atoms with van der Waals surface area (Å²) in [6.07, 6.45) is -0.277. The molecule has 0 unspecified atom stereocenters. The van der Waals surface area contributed by atoms with Gasteiger partial charge in [0.25, 0.3) is 5.91 Å². The standard InChI is InChI=1S/C23H35N3O7/c1-15-10-26(22(28)14-31-5)16(2)12-33-19-9-17(24-21(27)13-30-4)7-8-18(19)23(29)25(3)11-20(15)32-6/h7-9,15-16,20H,10-14H2,1-6H3,(H,24,27)/t15-,16+,20+/m1/s1. The van der Waals surface area contributed by atoms with E-state index in [0.717, 1.165) is 0 Å². The monoisotopic (exact) mass is 465 g/mol. The number of carbonyl (C=O) groups excluding carboxylic acids is 3. The van der Waals surface area contributed by atoms with Crippen LogP contribution in [0.5, 0.6) is 5.75 Å². The average molecular weight is 466 g/mol. The molecule has 0 fully saturated rings. The van der Waals surface area contributed by atoms with Gasteiger partial charge >= 0.3 is 0 Å². The lowest BCUT2D eigenvalue weighted by atomic mass is 10.0. The maximum atomic E-state index is 13.2. The van der Waals surface area contributed by atoms with Crippen LogP contribution < -0.4 is 10.1 Å². The summed E-state index contributed by atoms with van der Waals surface area (Å²) in [5.41, 5.74) is 0.828. The third-order valence-corrected chi connectivity index (χ3v) is 5.59. The Kier molecular flexibility index (Phi) is 10.1. The number of rotatable bonds is 6. The second-order valence-electron chi connectivity index (χ2n) is 8.27. The van der Waals surface area contributed by atoms with Crippen molar-refractivity contribution < 1.29 is 33.3 Å². The highest BCUT2D eigenvalue weighted by Crippen LogP contribution is 2.27. The van der Waals surface area contributed by atoms with Gasteiger partial charge in [-0.05, 0) is 19.1 Å². The molecular weight excluding hydrogens is 430 g/mol. The van der Waals surface area contributed by atoms with Crippen LogP contribution in [-0.2, 0) is 23.8 Å². The fourth-order valence-electron chi connectivity index (χ4n) is 3.73. The maximum absolute atomic E-state index is 13.2. The Labute approximate surface area is 195 Å². The summed E-state index contributed by atoms with van der Waals surface area (Å²) in [6, 6.07) is 4.57. The van der Waals surface area contributed by atoms with Crippen LogP contribution in [0.4, 0.5) is 5.69 Å². The average Bonchev–Trinajstić information content (AvgIpc) is 2.78. The van der Waals surface area contributed by atoms with E-state index in [4.69, 9.17) is 18.9 Å². The first-order chi connectivity index (χ1) is 15.7. The Morgan fingerprint density at radius 3 is 2.45 bits per heavy atom. The number of nitrogens with zero attached hydrogens (tertiary/aromatic N) is 2. The van der Waals surface area contributed by atoms with Crippen molar-refractivity contribution in [1.82, 2.24) is 9.80 Å². The molecule has 2 rings (SSSR count). The first kappa shape index (κ1) is 26.6. The molecule has 0 aromatic heterocycles. The van der Waals surface area contributed by atoms with E-state index in [1.165, 1.54) is 14.2 Å². The van der Waals surface area contributed by atoms with Crippen LogP contribution in [-0.4, -0.2) is 101 Å². The Bertz CT molecular complexity index is 832. The highest BCUT2D eigenvalue weighted by molar-refractivity contribution is 5.98. The summed E-state index contributed by atoms with van der Waals surface area (Å²) in [5, 5.41) is 2.71. The minimum Gasteiger partial charge on any atom is -0.491 e. The normalized spacial score (nSPS) is 22.0. The predicted molar refractivity (Wildman–Crippen MR) is 122 cm³/mol. The van der Waals surface area contributed by atoms with Crippen molar-refractivity contribution in [2.75, 3.05) is 66.6 Å². The van der Waals surface area contributed by atoms with Crippen molar-refractivity contribution in [3.63, 3.8) is 0 Å². The molecule has 3 atom stereocenters. The fraction of sp³-hybridized carbons (Fsp3) is 0.609. The minimum atomic E-state index is -0.323. The molecule has 0 saturated heterocycles. The summed E-state index contributed by atoms with van der Waals surface area (Å²) < 4.78 is 21.6. The van der Waals surface area contributed by atoms with E-state index in [0.29, 0.717) is 30.1 Å². The second-order valence-corrected chi connectivity index (χ2v) is 8.27. The maximum Gasteiger partial charge on any atom is 0.257 e. The van der Waals surface area contributed by atoms with Gasteiger partial charge in [-0.1, -0.05) is 6.92 Å². The van der Waals surface area contributed by atoms with E-state index in [2.05, 4.69) is 5.32 Å². The molecule has 1 aliphatic heterocycles. The van der Waals surface area contributed by atoms with Gasteiger partial charge < -0.3 is 34.1 Å². The van der Waals surface area contributed by atoms with Crippen LogP contribution in [0.15, 0.2) is 18.2 Å². The summed E-state index contributed by atoms with van der Waals surface area (Å²) in [7, 11) is 6.21. The zero-order valence-corrected chi connectivity index (χ0v) is 20.3. The molecule has 184 valence electrons. The Balaban J connectivity index is 2.42. The molecule has 33 heavy (non-hydrogen) atoms. The molecule has 1 aromatic rings. The number of nitrogens with one attached hydrogen (secondary N) is 1. The molecule has 0 saturated carbocycles. The minimum absolute atomic E-state index is 0.0363. The topological polar surface area (TPSA) is 107 Å². The summed E-state index contributed by atoms with van der Waals surface area (Å²) in [6.45, 7) is 4.65. The van der Waals surface area contributed by atoms with Crippen molar-refractivity contribution in [2.45, 2.75) is 26.0 Å². The fourth-order valence-corrected chi connectivity index (χ4v) is 3.73. The molecule has 0 radical (unpaired) electrons. The van der Waals surface area contributed by atoms with Gasteiger partial charge in [0, 0.05) is 59.1 Å². The van der Waals surface area contributed by atoms with Gasteiger partial charge in [-0.2, -0.15) is 0 Å². The molecule has 0 spiro atoms. The van der Waals surface area contributed by atoms with E-state index in [1.807, 2.05) is 13.8 Å². The number of hydrogen-bond acceptors (Lipinski definition) is 7. The Hall–Kier alpha value is -2.69. The SMILES string of the molecule is COCC(=O)Nc1ccc2c(c1)OC[C@H](C)N(C(=O)COC)C[C@@H](C)[C@@H](OC)CN(C)C2=O. The highest BCUT2D eigenvalue weighted by atomic mass is 16.5. The molecule has 1 N–H and O–H groups in total. The molecular formula is C23H35N3O7. The number of fused-ring (bicyclic) bond motifs is 1. The van der Waals surface area contributed by atoms with Gasteiger partial charge in [0.2, 0.25) is 11.8 Å². The molecule has 3 amide bonds. The number of amides is 3. The lowest BCUT2D eigenvalue weighted by molar-refractivity contribution is -0.139. The van der Waals surface area contributed by atoms with Crippen LogP contribution in [0.25, 0.3) is 0 Å². The third kappa shape index (κ3) is 7.15. The number of carbonyl (C=O) groups is 3. The molecule has 1 aromatic carbocycles.